The van der Waals surface area contributed by atoms with Gasteiger partial charge in [-0.25, -0.2) is 0 Å². The topological polar surface area (TPSA) is 75.6 Å². The lowest BCUT2D eigenvalue weighted by Gasteiger charge is -2.34. The maximum Gasteiger partial charge on any atom is 0.253 e. The van der Waals surface area contributed by atoms with Gasteiger partial charge >= 0.3 is 0 Å². The van der Waals surface area contributed by atoms with Crippen molar-refractivity contribution in [1.29, 1.82) is 0 Å². The molecule has 0 radical (unpaired) electrons. The minimum absolute atomic E-state index is 0.00240. The molecule has 1 aliphatic carbocycles. The third-order valence-corrected chi connectivity index (χ3v) is 6.68. The fourth-order valence-electron chi connectivity index (χ4n) is 4.64. The molecule has 2 aromatic rings. The Bertz CT molecular complexity index is 888. The van der Waals surface area contributed by atoms with Crippen LogP contribution in [0.5, 0.6) is 5.75 Å². The number of benzene rings is 1. The summed E-state index contributed by atoms with van der Waals surface area (Å²) < 4.78 is 6.03. The van der Waals surface area contributed by atoms with Crippen LogP contribution in [0.2, 0.25) is 0 Å². The second kappa shape index (κ2) is 11.8. The Morgan fingerprint density at radius 2 is 1.55 bits per heavy atom. The van der Waals surface area contributed by atoms with Crippen LogP contribution in [0.4, 0.5) is 0 Å². The first kappa shape index (κ1) is 23.2. The highest BCUT2D eigenvalue weighted by Gasteiger charge is 2.25. The van der Waals surface area contributed by atoms with E-state index in [1.165, 1.54) is 44.9 Å². The van der Waals surface area contributed by atoms with Crippen molar-refractivity contribution < 1.29 is 14.3 Å². The van der Waals surface area contributed by atoms with Crippen molar-refractivity contribution >= 4 is 11.8 Å². The first-order chi connectivity index (χ1) is 16.2. The summed E-state index contributed by atoms with van der Waals surface area (Å²) in [5.41, 5.74) is 1.32. The van der Waals surface area contributed by atoms with Crippen molar-refractivity contribution in [1.82, 2.24) is 19.8 Å². The predicted octanol–water partition coefficient (Wildman–Crippen LogP) is 3.74. The lowest BCUT2D eigenvalue weighted by Crippen LogP contribution is -2.51. The van der Waals surface area contributed by atoms with E-state index in [4.69, 9.17) is 4.74 Å². The highest BCUT2D eigenvalue weighted by atomic mass is 16.5. The molecule has 7 heteroatoms. The molecule has 1 aromatic carbocycles. The zero-order valence-corrected chi connectivity index (χ0v) is 19.3. The molecule has 0 atom stereocenters. The molecule has 1 aromatic heterocycles. The quantitative estimate of drug-likeness (QED) is 0.670. The number of carbonyl (C=O) groups is 2. The molecule has 1 aliphatic heterocycles. The first-order valence-electron chi connectivity index (χ1n) is 12.2. The average Bonchev–Trinajstić information content (AvgIpc) is 2.84. The Hall–Kier alpha value is -2.96. The molecule has 0 bridgehead atoms. The molecule has 2 heterocycles. The van der Waals surface area contributed by atoms with Gasteiger partial charge in [-0.1, -0.05) is 32.1 Å². The second-order valence-electron chi connectivity index (χ2n) is 9.09. The SMILES string of the molecule is O=C(Cc1cnccn1)N1CCN(C(=O)c2ccc(OCC3CCCCCCC3)cc2)CC1. The maximum absolute atomic E-state index is 12.9. The Morgan fingerprint density at radius 3 is 2.21 bits per heavy atom. The molecule has 176 valence electrons. The van der Waals surface area contributed by atoms with Crippen molar-refractivity contribution in [2.45, 2.75) is 51.4 Å². The van der Waals surface area contributed by atoms with E-state index in [0.29, 0.717) is 43.4 Å². The van der Waals surface area contributed by atoms with E-state index in [2.05, 4.69) is 9.97 Å². The van der Waals surface area contributed by atoms with Crippen molar-refractivity contribution in [3.05, 3.63) is 54.1 Å². The van der Waals surface area contributed by atoms with Gasteiger partial charge in [0.15, 0.2) is 0 Å². The van der Waals surface area contributed by atoms with E-state index in [1.807, 2.05) is 29.2 Å². The van der Waals surface area contributed by atoms with Crippen LogP contribution in [0.3, 0.4) is 0 Å². The smallest absolute Gasteiger partial charge is 0.253 e. The molecule has 2 aliphatic rings. The minimum atomic E-state index is 0.00240. The van der Waals surface area contributed by atoms with E-state index < -0.39 is 0 Å². The Balaban J connectivity index is 1.22. The fourth-order valence-corrected chi connectivity index (χ4v) is 4.64. The van der Waals surface area contributed by atoms with Gasteiger partial charge in [0.1, 0.15) is 5.75 Å². The number of rotatable bonds is 6. The van der Waals surface area contributed by atoms with E-state index in [0.717, 1.165) is 12.4 Å². The number of hydrogen-bond acceptors (Lipinski definition) is 5. The summed E-state index contributed by atoms with van der Waals surface area (Å²) in [4.78, 5) is 37.2. The zero-order valence-electron chi connectivity index (χ0n) is 19.3. The highest BCUT2D eigenvalue weighted by molar-refractivity contribution is 5.94. The van der Waals surface area contributed by atoms with E-state index in [1.54, 1.807) is 23.5 Å². The van der Waals surface area contributed by atoms with Crippen LogP contribution < -0.4 is 4.74 Å². The van der Waals surface area contributed by atoms with Gasteiger partial charge in [0.2, 0.25) is 5.91 Å². The van der Waals surface area contributed by atoms with Gasteiger partial charge in [0, 0.05) is 50.3 Å². The molecule has 33 heavy (non-hydrogen) atoms. The Morgan fingerprint density at radius 1 is 0.879 bits per heavy atom. The average molecular weight is 451 g/mol. The predicted molar refractivity (Wildman–Crippen MR) is 126 cm³/mol. The normalized spacial score (nSPS) is 17.8. The van der Waals surface area contributed by atoms with Gasteiger partial charge < -0.3 is 14.5 Å². The summed E-state index contributed by atoms with van der Waals surface area (Å²) in [6.45, 7) is 2.90. The van der Waals surface area contributed by atoms with Crippen molar-refractivity contribution in [3.63, 3.8) is 0 Å². The third-order valence-electron chi connectivity index (χ3n) is 6.68. The molecular weight excluding hydrogens is 416 g/mol. The van der Waals surface area contributed by atoms with Crippen molar-refractivity contribution in [3.8, 4) is 5.75 Å². The summed E-state index contributed by atoms with van der Waals surface area (Å²) in [6.07, 6.45) is 14.2. The lowest BCUT2D eigenvalue weighted by atomic mass is 9.92. The van der Waals surface area contributed by atoms with Gasteiger partial charge in [0.05, 0.1) is 18.7 Å². The Labute approximate surface area is 196 Å². The number of hydrogen-bond donors (Lipinski definition) is 0. The highest BCUT2D eigenvalue weighted by Crippen LogP contribution is 2.24. The van der Waals surface area contributed by atoms with Gasteiger partial charge in [0.25, 0.3) is 5.91 Å². The van der Waals surface area contributed by atoms with Crippen LogP contribution in [0.1, 0.15) is 61.0 Å². The molecule has 2 amide bonds. The number of carbonyl (C=O) groups excluding carboxylic acids is 2. The number of aromatic nitrogens is 2. The van der Waals surface area contributed by atoms with Crippen LogP contribution in [-0.4, -0.2) is 64.4 Å². The number of nitrogens with zero attached hydrogens (tertiary/aromatic N) is 4. The molecule has 4 rings (SSSR count). The van der Waals surface area contributed by atoms with Crippen molar-refractivity contribution in [2.24, 2.45) is 5.92 Å². The lowest BCUT2D eigenvalue weighted by molar-refractivity contribution is -0.132. The molecular formula is C26H34N4O3. The van der Waals surface area contributed by atoms with E-state index in [9.17, 15) is 9.59 Å². The summed E-state index contributed by atoms with van der Waals surface area (Å²) in [5.74, 6) is 1.49. The van der Waals surface area contributed by atoms with Gasteiger partial charge in [-0.3, -0.25) is 19.6 Å². The standard InChI is InChI=1S/C26H34N4O3/c31-25(18-23-19-27-12-13-28-23)29-14-16-30(17-15-29)26(32)22-8-10-24(11-9-22)33-20-21-6-4-2-1-3-5-7-21/h8-13,19,21H,1-7,14-18,20H2. The number of ether oxygens (including phenoxy) is 1. The molecule has 0 spiro atoms. The molecule has 0 N–H and O–H groups in total. The molecule has 1 saturated carbocycles. The fraction of sp³-hybridized carbons (Fsp3) is 0.538. The molecule has 2 fully saturated rings. The van der Waals surface area contributed by atoms with Crippen LogP contribution in [0.25, 0.3) is 0 Å². The summed E-state index contributed by atoms with van der Waals surface area (Å²) in [6, 6.07) is 7.50. The van der Waals surface area contributed by atoms with Crippen LogP contribution in [-0.2, 0) is 11.2 Å². The second-order valence-corrected chi connectivity index (χ2v) is 9.09. The van der Waals surface area contributed by atoms with E-state index in [-0.39, 0.29) is 18.2 Å². The van der Waals surface area contributed by atoms with E-state index >= 15 is 0 Å². The minimum Gasteiger partial charge on any atom is -0.493 e. The summed E-state index contributed by atoms with van der Waals surface area (Å²) >= 11 is 0. The number of amides is 2. The van der Waals surface area contributed by atoms with Gasteiger partial charge in [-0.15, -0.1) is 0 Å². The summed E-state index contributed by atoms with van der Waals surface area (Å²) in [7, 11) is 0. The monoisotopic (exact) mass is 450 g/mol. The zero-order chi connectivity index (χ0) is 22.9. The van der Waals surface area contributed by atoms with Gasteiger partial charge in [-0.05, 0) is 43.0 Å². The number of piperazine rings is 1. The van der Waals surface area contributed by atoms with Crippen LogP contribution in [0.15, 0.2) is 42.9 Å². The summed E-state index contributed by atoms with van der Waals surface area (Å²) in [5, 5.41) is 0. The largest absolute Gasteiger partial charge is 0.493 e. The first-order valence-corrected chi connectivity index (χ1v) is 12.2. The van der Waals surface area contributed by atoms with Crippen LogP contribution >= 0.6 is 0 Å². The van der Waals surface area contributed by atoms with Crippen LogP contribution in [0, 0.1) is 5.92 Å². The molecule has 7 nitrogen and oxygen atoms in total. The molecule has 1 saturated heterocycles. The third kappa shape index (κ3) is 6.76. The van der Waals surface area contributed by atoms with Gasteiger partial charge in [-0.2, -0.15) is 0 Å². The van der Waals surface area contributed by atoms with Crippen molar-refractivity contribution in [2.75, 3.05) is 32.8 Å². The maximum atomic E-state index is 12.9. The Kier molecular flexibility index (Phi) is 8.28. The molecule has 0 unspecified atom stereocenters.